The number of aromatic nitrogens is 1. The Kier molecular flexibility index (Phi) is 9.32. The lowest BCUT2D eigenvalue weighted by molar-refractivity contribution is 0.793. The van der Waals surface area contributed by atoms with E-state index in [1.807, 2.05) is 13.8 Å². The van der Waals surface area contributed by atoms with Crippen molar-refractivity contribution in [3.05, 3.63) is 234 Å². The van der Waals surface area contributed by atoms with Gasteiger partial charge in [-0.3, -0.25) is 0 Å². The number of aryl methyl sites for hydroxylation is 1. The summed E-state index contributed by atoms with van der Waals surface area (Å²) < 4.78 is 2.52. The number of nitrogens with zero attached hydrogens (tertiary/aromatic N) is 2. The minimum atomic E-state index is -0.575. The molecule has 1 heterocycles. The zero-order valence-electron chi connectivity index (χ0n) is 35.8. The molecule has 0 N–H and O–H groups in total. The molecular weight excluding hydrogens is 908 g/mol. The molecule has 13 rings (SSSR count). The fourth-order valence-electron chi connectivity index (χ4n) is 11.1. The number of hydrogen-bond donors (Lipinski definition) is 0. The lowest BCUT2D eigenvalue weighted by Crippen LogP contribution is -2.26. The van der Waals surface area contributed by atoms with Gasteiger partial charge in [-0.2, -0.15) is 0 Å². The van der Waals surface area contributed by atoms with E-state index in [2.05, 4.69) is 244 Å². The van der Waals surface area contributed by atoms with Crippen LogP contribution in [0.5, 0.6) is 0 Å². The first-order valence-electron chi connectivity index (χ1n) is 22.2. The number of fused-ring (bicyclic) bond motifs is 16. The van der Waals surface area contributed by atoms with Crippen molar-refractivity contribution in [1.82, 2.24) is 4.57 Å². The quantitative estimate of drug-likeness (QED) is 0.159. The van der Waals surface area contributed by atoms with Crippen LogP contribution < -0.4 is 4.90 Å². The molecule has 0 saturated carbocycles. The standard InChI is InChI=1S/C58H37IN2S.C2H6/c1-36-26-28-37(29-27-36)60(54-32-33-56(62-59)45-20-4-2-18-43(45)54)38-30-31-47-50(34-38)58(48-22-10-6-14-39(48)40-15-7-11-23-49(40)58)51-35-55(44-19-3-5-21-46(44)57(47)51)61-52-24-12-8-16-41(52)42-17-9-13-25-53(42)61;1-2/h2-35H,1H3;1-2H3. The average molecular weight is 951 g/mol. The van der Waals surface area contributed by atoms with Crippen LogP contribution in [0.15, 0.2) is 211 Å². The molecule has 0 bridgehead atoms. The molecule has 0 fully saturated rings. The molecular formula is C60H43IN2S. The third-order valence-corrected chi connectivity index (χ3v) is 15.6. The van der Waals surface area contributed by atoms with Crippen molar-refractivity contribution in [2.75, 3.05) is 4.90 Å². The van der Waals surface area contributed by atoms with Gasteiger partial charge in [0.1, 0.15) is 0 Å². The van der Waals surface area contributed by atoms with Crippen molar-refractivity contribution in [2.24, 2.45) is 0 Å². The Hall–Kier alpha value is -6.60. The average Bonchev–Trinajstić information content (AvgIpc) is 3.97. The molecule has 2 nitrogen and oxygen atoms in total. The molecule has 1 aromatic heterocycles. The van der Waals surface area contributed by atoms with Crippen molar-refractivity contribution >= 4 is 90.6 Å². The molecule has 11 aromatic rings. The molecule has 306 valence electrons. The van der Waals surface area contributed by atoms with Crippen LogP contribution in [-0.4, -0.2) is 4.57 Å². The molecule has 0 aliphatic heterocycles. The molecule has 0 saturated heterocycles. The Balaban J connectivity index is 0.00000214. The minimum absolute atomic E-state index is 0.575. The van der Waals surface area contributed by atoms with Gasteiger partial charge in [0.05, 0.1) is 27.8 Å². The normalized spacial score (nSPS) is 12.9. The predicted octanol–water partition coefficient (Wildman–Crippen LogP) is 17.7. The molecule has 4 heteroatoms. The predicted molar refractivity (Wildman–Crippen MR) is 283 cm³/mol. The van der Waals surface area contributed by atoms with Gasteiger partial charge < -0.3 is 9.47 Å². The lowest BCUT2D eigenvalue weighted by Gasteiger charge is -2.33. The topological polar surface area (TPSA) is 8.17 Å². The number of halogens is 1. The maximum Gasteiger partial charge on any atom is 0.0727 e. The van der Waals surface area contributed by atoms with Crippen molar-refractivity contribution in [3.63, 3.8) is 0 Å². The highest BCUT2D eigenvalue weighted by Gasteiger charge is 2.52. The zero-order chi connectivity index (χ0) is 43.1. The summed E-state index contributed by atoms with van der Waals surface area (Å²) in [6, 6.07) is 77.5. The Morgan fingerprint density at radius 3 is 1.61 bits per heavy atom. The van der Waals surface area contributed by atoms with Crippen LogP contribution in [0.2, 0.25) is 0 Å². The molecule has 0 amide bonds. The van der Waals surface area contributed by atoms with Gasteiger partial charge in [-0.05, 0) is 117 Å². The summed E-state index contributed by atoms with van der Waals surface area (Å²) in [5.41, 5.74) is 18.2. The number of para-hydroxylation sites is 2. The van der Waals surface area contributed by atoms with E-state index in [1.165, 1.54) is 104 Å². The van der Waals surface area contributed by atoms with Gasteiger partial charge in [0, 0.05) is 59.0 Å². The first-order chi connectivity index (χ1) is 31.6. The number of anilines is 3. The Labute approximate surface area is 390 Å². The highest BCUT2D eigenvalue weighted by atomic mass is 127. The van der Waals surface area contributed by atoms with Gasteiger partial charge in [-0.15, -0.1) is 0 Å². The molecule has 10 aromatic carbocycles. The third-order valence-electron chi connectivity index (χ3n) is 13.6. The van der Waals surface area contributed by atoms with Gasteiger partial charge >= 0.3 is 0 Å². The van der Waals surface area contributed by atoms with E-state index in [0.29, 0.717) is 0 Å². The highest BCUT2D eigenvalue weighted by molar-refractivity contribution is 14.2. The largest absolute Gasteiger partial charge is 0.310 e. The summed E-state index contributed by atoms with van der Waals surface area (Å²) in [5, 5.41) is 7.52. The smallest absolute Gasteiger partial charge is 0.0727 e. The van der Waals surface area contributed by atoms with E-state index in [4.69, 9.17) is 0 Å². The van der Waals surface area contributed by atoms with Gasteiger partial charge in [0.15, 0.2) is 0 Å². The van der Waals surface area contributed by atoms with Crippen LogP contribution >= 0.6 is 30.1 Å². The SMILES string of the molecule is CC.Cc1ccc(N(c2ccc3c(c2)C2(c4ccccc4-c4ccccc42)c2cc(-n4c5ccccc5c5ccccc54)c4ccccc4c2-3)c2ccc(SI)c3ccccc23)cc1. The van der Waals surface area contributed by atoms with Crippen LogP contribution in [0.25, 0.3) is 71.3 Å². The summed E-state index contributed by atoms with van der Waals surface area (Å²) in [4.78, 5) is 3.75. The van der Waals surface area contributed by atoms with Crippen molar-refractivity contribution in [2.45, 2.75) is 31.1 Å². The monoisotopic (exact) mass is 950 g/mol. The Morgan fingerprint density at radius 1 is 0.438 bits per heavy atom. The lowest BCUT2D eigenvalue weighted by atomic mass is 9.70. The summed E-state index contributed by atoms with van der Waals surface area (Å²) in [6.45, 7) is 6.17. The van der Waals surface area contributed by atoms with E-state index in [1.54, 1.807) is 8.93 Å². The third kappa shape index (κ3) is 5.45. The van der Waals surface area contributed by atoms with Crippen molar-refractivity contribution in [1.29, 1.82) is 0 Å². The fourth-order valence-corrected chi connectivity index (χ4v) is 12.6. The van der Waals surface area contributed by atoms with E-state index in [-0.39, 0.29) is 0 Å². The molecule has 2 aliphatic rings. The molecule has 2 aliphatic carbocycles. The van der Waals surface area contributed by atoms with Gasteiger partial charge in [-0.25, -0.2) is 0 Å². The van der Waals surface area contributed by atoms with E-state index < -0.39 is 5.41 Å². The number of benzene rings is 10. The van der Waals surface area contributed by atoms with Gasteiger partial charge in [0.25, 0.3) is 0 Å². The van der Waals surface area contributed by atoms with Crippen LogP contribution in [0.4, 0.5) is 17.1 Å². The molecule has 64 heavy (non-hydrogen) atoms. The van der Waals surface area contributed by atoms with E-state index in [0.717, 1.165) is 17.1 Å². The van der Waals surface area contributed by atoms with E-state index >= 15 is 0 Å². The van der Waals surface area contributed by atoms with Crippen molar-refractivity contribution < 1.29 is 0 Å². The number of hydrogen-bond acceptors (Lipinski definition) is 2. The van der Waals surface area contributed by atoms with E-state index in [9.17, 15) is 0 Å². The summed E-state index contributed by atoms with van der Waals surface area (Å²) in [6.07, 6.45) is 0. The first kappa shape index (κ1) is 39.0. The van der Waals surface area contributed by atoms with Gasteiger partial charge in [-0.1, -0.05) is 180 Å². The first-order valence-corrected chi connectivity index (χ1v) is 25.6. The minimum Gasteiger partial charge on any atom is -0.310 e. The number of rotatable bonds is 5. The second-order valence-electron chi connectivity index (χ2n) is 16.7. The molecule has 0 radical (unpaired) electrons. The highest BCUT2D eigenvalue weighted by Crippen LogP contribution is 2.65. The second-order valence-corrected chi connectivity index (χ2v) is 18.6. The maximum atomic E-state index is 2.56. The Bertz CT molecular complexity index is 3560. The van der Waals surface area contributed by atoms with Crippen LogP contribution in [0, 0.1) is 6.92 Å². The van der Waals surface area contributed by atoms with Crippen molar-refractivity contribution in [3.8, 4) is 27.9 Å². The maximum absolute atomic E-state index is 2.56. The molecule has 0 unspecified atom stereocenters. The summed E-state index contributed by atoms with van der Waals surface area (Å²) in [7, 11) is 1.77. The van der Waals surface area contributed by atoms with Gasteiger partial charge in [0.2, 0.25) is 0 Å². The van der Waals surface area contributed by atoms with Crippen LogP contribution in [0.1, 0.15) is 41.7 Å². The van der Waals surface area contributed by atoms with Crippen LogP contribution in [-0.2, 0) is 5.41 Å². The zero-order valence-corrected chi connectivity index (χ0v) is 38.8. The summed E-state index contributed by atoms with van der Waals surface area (Å²) in [5.74, 6) is 0. The molecule has 0 atom stereocenters. The second kappa shape index (κ2) is 15.3. The summed E-state index contributed by atoms with van der Waals surface area (Å²) >= 11 is 2.42. The fraction of sp³-hybridized carbons (Fsp3) is 0.0667. The van der Waals surface area contributed by atoms with Crippen LogP contribution in [0.3, 0.4) is 0 Å². The Morgan fingerprint density at radius 2 is 0.969 bits per heavy atom. The molecule has 1 spiro atoms.